The van der Waals surface area contributed by atoms with Gasteiger partial charge < -0.3 is 10.6 Å². The van der Waals surface area contributed by atoms with E-state index in [2.05, 4.69) is 6.07 Å². The van der Waals surface area contributed by atoms with Crippen LogP contribution in [-0.2, 0) is 6.54 Å². The van der Waals surface area contributed by atoms with Gasteiger partial charge in [-0.3, -0.25) is 4.79 Å². The molecule has 2 aromatic carbocycles. The lowest BCUT2D eigenvalue weighted by atomic mass is 10.0. The molecule has 0 saturated heterocycles. The van der Waals surface area contributed by atoms with E-state index in [-0.39, 0.29) is 5.91 Å². The molecule has 0 aliphatic heterocycles. The lowest BCUT2D eigenvalue weighted by Gasteiger charge is -2.19. The molecule has 0 saturated carbocycles. The van der Waals surface area contributed by atoms with Gasteiger partial charge in [-0.1, -0.05) is 42.0 Å². The van der Waals surface area contributed by atoms with Crippen LogP contribution < -0.4 is 5.73 Å². The minimum absolute atomic E-state index is 0.0397. The van der Waals surface area contributed by atoms with Crippen molar-refractivity contribution in [2.45, 2.75) is 20.4 Å². The van der Waals surface area contributed by atoms with Crippen molar-refractivity contribution >= 4 is 11.6 Å². The van der Waals surface area contributed by atoms with Crippen molar-refractivity contribution in [1.82, 2.24) is 4.90 Å². The Morgan fingerprint density at radius 2 is 1.85 bits per heavy atom. The average molecular weight is 268 g/mol. The maximum Gasteiger partial charge on any atom is 0.256 e. The molecule has 20 heavy (non-hydrogen) atoms. The molecule has 104 valence electrons. The smallest absolute Gasteiger partial charge is 0.256 e. The van der Waals surface area contributed by atoms with Crippen molar-refractivity contribution in [1.29, 1.82) is 0 Å². The van der Waals surface area contributed by atoms with Crippen molar-refractivity contribution in [2.24, 2.45) is 0 Å². The predicted molar refractivity (Wildman–Crippen MR) is 82.6 cm³/mol. The summed E-state index contributed by atoms with van der Waals surface area (Å²) in [5.74, 6) is -0.0397. The molecule has 2 rings (SSSR count). The third kappa shape index (κ3) is 2.99. The number of nitrogens with two attached hydrogens (primary N) is 1. The van der Waals surface area contributed by atoms with E-state index in [0.29, 0.717) is 17.8 Å². The van der Waals surface area contributed by atoms with E-state index in [1.165, 1.54) is 5.56 Å². The molecule has 0 aliphatic rings. The number of carbonyl (C=O) groups excluding carboxylic acids is 1. The molecule has 2 aromatic rings. The fourth-order valence-corrected chi connectivity index (χ4v) is 2.33. The lowest BCUT2D eigenvalue weighted by Crippen LogP contribution is -2.27. The fraction of sp³-hybridized carbons (Fsp3) is 0.235. The maximum atomic E-state index is 12.5. The molecule has 0 atom stereocenters. The van der Waals surface area contributed by atoms with Gasteiger partial charge in [0.1, 0.15) is 0 Å². The first-order chi connectivity index (χ1) is 9.49. The van der Waals surface area contributed by atoms with Crippen molar-refractivity contribution in [3.63, 3.8) is 0 Å². The highest BCUT2D eigenvalue weighted by atomic mass is 16.2. The molecule has 0 radical (unpaired) electrons. The number of amides is 1. The predicted octanol–water partition coefficient (Wildman–Crippen LogP) is 3.16. The first-order valence-corrected chi connectivity index (χ1v) is 6.65. The third-order valence-electron chi connectivity index (χ3n) is 3.37. The molecule has 1 amide bonds. The van der Waals surface area contributed by atoms with E-state index in [1.54, 1.807) is 18.0 Å². The van der Waals surface area contributed by atoms with Crippen molar-refractivity contribution in [3.05, 3.63) is 64.7 Å². The fourth-order valence-electron chi connectivity index (χ4n) is 2.33. The van der Waals surface area contributed by atoms with Gasteiger partial charge in [-0.15, -0.1) is 0 Å². The van der Waals surface area contributed by atoms with Crippen molar-refractivity contribution in [2.75, 3.05) is 12.8 Å². The van der Waals surface area contributed by atoms with Gasteiger partial charge in [0, 0.05) is 19.3 Å². The highest BCUT2D eigenvalue weighted by molar-refractivity contribution is 6.00. The van der Waals surface area contributed by atoms with E-state index in [4.69, 9.17) is 5.73 Å². The van der Waals surface area contributed by atoms with Crippen LogP contribution in [0.3, 0.4) is 0 Å². The normalized spacial score (nSPS) is 10.3. The van der Waals surface area contributed by atoms with E-state index >= 15 is 0 Å². The summed E-state index contributed by atoms with van der Waals surface area (Å²) in [6.45, 7) is 4.53. The summed E-state index contributed by atoms with van der Waals surface area (Å²) in [6.07, 6.45) is 0. The molecule has 0 aromatic heterocycles. The summed E-state index contributed by atoms with van der Waals surface area (Å²) in [7, 11) is 1.80. The van der Waals surface area contributed by atoms with Crippen LogP contribution in [0.15, 0.2) is 42.5 Å². The summed E-state index contributed by atoms with van der Waals surface area (Å²) >= 11 is 0. The van der Waals surface area contributed by atoms with Gasteiger partial charge in [-0.25, -0.2) is 0 Å². The van der Waals surface area contributed by atoms with Gasteiger partial charge in [-0.2, -0.15) is 0 Å². The van der Waals surface area contributed by atoms with E-state index in [9.17, 15) is 4.79 Å². The maximum absolute atomic E-state index is 12.5. The minimum atomic E-state index is -0.0397. The van der Waals surface area contributed by atoms with E-state index in [1.807, 2.05) is 44.2 Å². The van der Waals surface area contributed by atoms with Crippen LogP contribution in [0, 0.1) is 13.8 Å². The monoisotopic (exact) mass is 268 g/mol. The van der Waals surface area contributed by atoms with Gasteiger partial charge in [0.2, 0.25) is 0 Å². The highest BCUT2D eigenvalue weighted by Gasteiger charge is 2.17. The number of aryl methyl sites for hydroxylation is 2. The number of hydrogen-bond donors (Lipinski definition) is 1. The number of anilines is 1. The molecule has 0 heterocycles. The van der Waals surface area contributed by atoms with Crippen LogP contribution in [0.5, 0.6) is 0 Å². The Hall–Kier alpha value is -2.29. The SMILES string of the molecule is Cc1cccc(CN(C)C(=O)c2c(C)cccc2N)c1. The van der Waals surface area contributed by atoms with Crippen LogP contribution >= 0.6 is 0 Å². The Morgan fingerprint density at radius 1 is 1.15 bits per heavy atom. The Balaban J connectivity index is 2.21. The standard InChI is InChI=1S/C17H20N2O/c1-12-6-4-8-14(10-12)11-19(3)17(20)16-13(2)7-5-9-15(16)18/h4-10H,11,18H2,1-3H3. The molecule has 0 fully saturated rings. The second-order valence-corrected chi connectivity index (χ2v) is 5.19. The van der Waals surface area contributed by atoms with E-state index in [0.717, 1.165) is 11.1 Å². The van der Waals surface area contributed by atoms with E-state index < -0.39 is 0 Å². The number of benzene rings is 2. The highest BCUT2D eigenvalue weighted by Crippen LogP contribution is 2.19. The number of hydrogen-bond acceptors (Lipinski definition) is 2. The Bertz CT molecular complexity index is 614. The van der Waals surface area contributed by atoms with Gasteiger partial charge in [0.25, 0.3) is 5.91 Å². The summed E-state index contributed by atoms with van der Waals surface area (Å²) in [4.78, 5) is 14.2. The molecular formula is C17H20N2O. The molecule has 0 aliphatic carbocycles. The molecule has 0 bridgehead atoms. The largest absolute Gasteiger partial charge is 0.398 e. The first-order valence-electron chi connectivity index (χ1n) is 6.65. The Kier molecular flexibility index (Phi) is 4.08. The summed E-state index contributed by atoms with van der Waals surface area (Å²) < 4.78 is 0. The molecule has 0 spiro atoms. The summed E-state index contributed by atoms with van der Waals surface area (Å²) in [6, 6.07) is 13.7. The molecule has 2 N–H and O–H groups in total. The summed E-state index contributed by atoms with van der Waals surface area (Å²) in [5, 5.41) is 0. The van der Waals surface area contributed by atoms with Crippen LogP contribution in [0.1, 0.15) is 27.0 Å². The lowest BCUT2D eigenvalue weighted by molar-refractivity contribution is 0.0785. The molecule has 3 nitrogen and oxygen atoms in total. The van der Waals surface area contributed by atoms with Crippen LogP contribution in [0.25, 0.3) is 0 Å². The van der Waals surface area contributed by atoms with Gasteiger partial charge >= 0.3 is 0 Å². The van der Waals surface area contributed by atoms with Crippen LogP contribution in [0.4, 0.5) is 5.69 Å². The van der Waals surface area contributed by atoms with Gasteiger partial charge in [0.05, 0.1) is 5.56 Å². The number of carbonyl (C=O) groups is 1. The Labute approximate surface area is 120 Å². The zero-order chi connectivity index (χ0) is 14.7. The Morgan fingerprint density at radius 3 is 2.50 bits per heavy atom. The van der Waals surface area contributed by atoms with Gasteiger partial charge in [-0.05, 0) is 31.0 Å². The topological polar surface area (TPSA) is 46.3 Å². The second-order valence-electron chi connectivity index (χ2n) is 5.19. The van der Waals surface area contributed by atoms with Crippen LogP contribution in [-0.4, -0.2) is 17.9 Å². The first kappa shape index (κ1) is 14.1. The molecular weight excluding hydrogens is 248 g/mol. The molecule has 3 heteroatoms. The summed E-state index contributed by atoms with van der Waals surface area (Å²) in [5.41, 5.74) is 10.3. The number of nitrogens with zero attached hydrogens (tertiary/aromatic N) is 1. The van der Waals surface area contributed by atoms with Crippen LogP contribution in [0.2, 0.25) is 0 Å². The zero-order valence-corrected chi connectivity index (χ0v) is 12.2. The number of rotatable bonds is 3. The minimum Gasteiger partial charge on any atom is -0.398 e. The third-order valence-corrected chi connectivity index (χ3v) is 3.37. The molecule has 0 unspecified atom stereocenters. The number of nitrogen functional groups attached to an aromatic ring is 1. The van der Waals surface area contributed by atoms with Gasteiger partial charge in [0.15, 0.2) is 0 Å². The quantitative estimate of drug-likeness (QED) is 0.869. The second kappa shape index (κ2) is 5.78. The van der Waals surface area contributed by atoms with Crippen molar-refractivity contribution in [3.8, 4) is 0 Å². The zero-order valence-electron chi connectivity index (χ0n) is 12.2. The van der Waals surface area contributed by atoms with Crippen molar-refractivity contribution < 1.29 is 4.79 Å². The average Bonchev–Trinajstić information content (AvgIpc) is 2.38.